The van der Waals surface area contributed by atoms with Crippen LogP contribution in [0.1, 0.15) is 39.5 Å². The molecule has 102 valence electrons. The number of amides is 1. The molecule has 2 aliphatic rings. The Morgan fingerprint density at radius 3 is 2.94 bits per heavy atom. The number of carbonyl (C=O) groups is 1. The predicted octanol–water partition coefficient (Wildman–Crippen LogP) is 1.76. The Morgan fingerprint density at radius 1 is 1.50 bits per heavy atom. The van der Waals surface area contributed by atoms with Gasteiger partial charge in [0.15, 0.2) is 5.17 Å². The van der Waals surface area contributed by atoms with Crippen molar-refractivity contribution in [3.05, 3.63) is 0 Å². The Hall–Kier alpha value is -0.710. The van der Waals surface area contributed by atoms with E-state index in [4.69, 9.17) is 0 Å². The largest absolute Gasteiger partial charge is 0.364 e. The van der Waals surface area contributed by atoms with Crippen LogP contribution in [-0.2, 0) is 4.79 Å². The van der Waals surface area contributed by atoms with Gasteiger partial charge in [-0.1, -0.05) is 25.6 Å². The first-order valence-electron chi connectivity index (χ1n) is 6.88. The van der Waals surface area contributed by atoms with Gasteiger partial charge in [-0.3, -0.25) is 9.79 Å². The summed E-state index contributed by atoms with van der Waals surface area (Å²) in [7, 11) is 0. The van der Waals surface area contributed by atoms with Crippen molar-refractivity contribution < 1.29 is 4.79 Å². The van der Waals surface area contributed by atoms with Gasteiger partial charge in [0, 0.05) is 24.3 Å². The van der Waals surface area contributed by atoms with Crippen LogP contribution in [-0.4, -0.2) is 35.5 Å². The van der Waals surface area contributed by atoms with Crippen LogP contribution in [0.2, 0.25) is 0 Å². The zero-order chi connectivity index (χ0) is 13.0. The second-order valence-electron chi connectivity index (χ2n) is 5.53. The first kappa shape index (κ1) is 13.7. The van der Waals surface area contributed by atoms with Crippen LogP contribution in [0.25, 0.3) is 0 Å². The monoisotopic (exact) mass is 269 g/mol. The van der Waals surface area contributed by atoms with Crippen LogP contribution >= 0.6 is 11.8 Å². The summed E-state index contributed by atoms with van der Waals surface area (Å²) in [6, 6.07) is 0.464. The van der Waals surface area contributed by atoms with E-state index in [1.807, 2.05) is 11.8 Å². The van der Waals surface area contributed by atoms with Gasteiger partial charge in [-0.05, 0) is 25.2 Å². The number of carbonyl (C=O) groups excluding carboxylic acids is 1. The maximum absolute atomic E-state index is 11.5. The van der Waals surface area contributed by atoms with E-state index in [2.05, 4.69) is 29.5 Å². The highest BCUT2D eigenvalue weighted by atomic mass is 32.2. The lowest BCUT2D eigenvalue weighted by molar-refractivity contribution is -0.121. The molecule has 0 bridgehead atoms. The number of aliphatic imine (C=N–C) groups is 1. The summed E-state index contributed by atoms with van der Waals surface area (Å²) in [6.07, 6.45) is 4.06. The third-order valence-corrected chi connectivity index (χ3v) is 4.19. The molecule has 0 spiro atoms. The molecule has 1 atom stereocenters. The van der Waals surface area contributed by atoms with Crippen molar-refractivity contribution >= 4 is 22.8 Å². The van der Waals surface area contributed by atoms with Crippen molar-refractivity contribution in [3.8, 4) is 0 Å². The Bertz CT molecular complexity index is 326. The number of hydrogen-bond donors (Lipinski definition) is 2. The van der Waals surface area contributed by atoms with Crippen LogP contribution in [0.15, 0.2) is 4.99 Å². The van der Waals surface area contributed by atoms with Gasteiger partial charge in [-0.15, -0.1) is 0 Å². The van der Waals surface area contributed by atoms with Crippen LogP contribution in [0.3, 0.4) is 0 Å². The molecular formula is C13H23N3OS. The maximum Gasteiger partial charge on any atom is 0.221 e. The molecule has 1 saturated carbocycles. The number of nitrogens with one attached hydrogen (secondary N) is 2. The molecule has 1 aliphatic carbocycles. The second-order valence-corrected chi connectivity index (χ2v) is 6.82. The van der Waals surface area contributed by atoms with E-state index in [-0.39, 0.29) is 5.91 Å². The zero-order valence-corrected chi connectivity index (χ0v) is 12.1. The molecule has 4 nitrogen and oxygen atoms in total. The Morgan fingerprint density at radius 2 is 2.28 bits per heavy atom. The fourth-order valence-electron chi connectivity index (χ4n) is 1.97. The van der Waals surface area contributed by atoms with Crippen LogP contribution in [0, 0.1) is 5.92 Å². The van der Waals surface area contributed by atoms with E-state index in [1.165, 1.54) is 6.42 Å². The fraction of sp³-hybridized carbons (Fsp3) is 0.846. The molecule has 0 radical (unpaired) electrons. The van der Waals surface area contributed by atoms with Crippen molar-refractivity contribution in [2.75, 3.05) is 13.1 Å². The Balaban J connectivity index is 1.55. The minimum Gasteiger partial charge on any atom is -0.364 e. The molecule has 1 aliphatic heterocycles. The summed E-state index contributed by atoms with van der Waals surface area (Å²) in [5.74, 6) is 0.883. The number of nitrogens with zero attached hydrogens (tertiary/aromatic N) is 1. The van der Waals surface area contributed by atoms with Crippen molar-refractivity contribution in [2.45, 2.75) is 50.8 Å². The van der Waals surface area contributed by atoms with Crippen molar-refractivity contribution in [2.24, 2.45) is 10.9 Å². The Labute approximate surface area is 113 Å². The number of hydrogen-bond acceptors (Lipinski definition) is 4. The molecule has 1 heterocycles. The molecule has 0 saturated heterocycles. The maximum atomic E-state index is 11.5. The second kappa shape index (κ2) is 6.45. The lowest BCUT2D eigenvalue weighted by Gasteiger charge is -2.11. The van der Waals surface area contributed by atoms with E-state index >= 15 is 0 Å². The lowest BCUT2D eigenvalue weighted by Crippen LogP contribution is -2.30. The first-order valence-corrected chi connectivity index (χ1v) is 7.76. The van der Waals surface area contributed by atoms with Gasteiger partial charge in [0.2, 0.25) is 5.91 Å². The normalized spacial score (nSPS) is 23.1. The third kappa shape index (κ3) is 4.88. The van der Waals surface area contributed by atoms with Gasteiger partial charge in [0.25, 0.3) is 0 Å². The van der Waals surface area contributed by atoms with Gasteiger partial charge >= 0.3 is 0 Å². The summed E-state index contributed by atoms with van der Waals surface area (Å²) in [5.41, 5.74) is 0. The SMILES string of the molecule is CC(C)CC1CN=C(NCCC(=O)NC2CC2)S1. The molecule has 0 aromatic carbocycles. The highest BCUT2D eigenvalue weighted by Crippen LogP contribution is 2.25. The third-order valence-electron chi connectivity index (χ3n) is 3.02. The molecular weight excluding hydrogens is 246 g/mol. The quantitative estimate of drug-likeness (QED) is 0.772. The van der Waals surface area contributed by atoms with Gasteiger partial charge < -0.3 is 10.6 Å². The number of thioether (sulfide) groups is 1. The molecule has 18 heavy (non-hydrogen) atoms. The smallest absolute Gasteiger partial charge is 0.221 e. The van der Waals surface area contributed by atoms with E-state index < -0.39 is 0 Å². The predicted molar refractivity (Wildman–Crippen MR) is 76.9 cm³/mol. The topological polar surface area (TPSA) is 53.5 Å². The van der Waals surface area contributed by atoms with Crippen LogP contribution in [0.4, 0.5) is 0 Å². The standard InChI is InChI=1S/C13H23N3OS/c1-9(2)7-11-8-15-13(18-11)14-6-5-12(17)16-10-3-4-10/h9-11H,3-8H2,1-2H3,(H,14,15)(H,16,17). The average Bonchev–Trinajstić information content (AvgIpc) is 2.98. The van der Waals surface area contributed by atoms with Crippen molar-refractivity contribution in [3.63, 3.8) is 0 Å². The summed E-state index contributed by atoms with van der Waals surface area (Å²) in [6.45, 7) is 6.10. The summed E-state index contributed by atoms with van der Waals surface area (Å²) in [4.78, 5) is 16.0. The van der Waals surface area contributed by atoms with E-state index in [0.29, 0.717) is 24.3 Å². The Kier molecular flexibility index (Phi) is 4.92. The van der Waals surface area contributed by atoms with Gasteiger partial charge in [-0.2, -0.15) is 0 Å². The van der Waals surface area contributed by atoms with Crippen LogP contribution in [0.5, 0.6) is 0 Å². The highest BCUT2D eigenvalue weighted by Gasteiger charge is 2.23. The molecule has 1 unspecified atom stereocenters. The highest BCUT2D eigenvalue weighted by molar-refractivity contribution is 8.14. The van der Waals surface area contributed by atoms with Crippen molar-refractivity contribution in [1.82, 2.24) is 10.6 Å². The fourth-order valence-corrected chi connectivity index (χ4v) is 3.25. The molecule has 0 aromatic heterocycles. The lowest BCUT2D eigenvalue weighted by atomic mass is 10.1. The van der Waals surface area contributed by atoms with Crippen LogP contribution < -0.4 is 10.6 Å². The van der Waals surface area contributed by atoms with E-state index in [1.54, 1.807) is 0 Å². The average molecular weight is 269 g/mol. The van der Waals surface area contributed by atoms with E-state index in [0.717, 1.165) is 30.5 Å². The molecule has 0 aromatic rings. The summed E-state index contributed by atoms with van der Waals surface area (Å²) in [5, 5.41) is 7.88. The summed E-state index contributed by atoms with van der Waals surface area (Å²) < 4.78 is 0. The summed E-state index contributed by atoms with van der Waals surface area (Å²) >= 11 is 1.82. The minimum absolute atomic E-state index is 0.160. The van der Waals surface area contributed by atoms with Gasteiger partial charge in [-0.25, -0.2) is 0 Å². The van der Waals surface area contributed by atoms with Gasteiger partial charge in [0.1, 0.15) is 0 Å². The molecule has 1 fully saturated rings. The molecule has 5 heteroatoms. The zero-order valence-electron chi connectivity index (χ0n) is 11.2. The van der Waals surface area contributed by atoms with E-state index in [9.17, 15) is 4.79 Å². The molecule has 2 rings (SSSR count). The first-order chi connectivity index (χ1) is 8.63. The van der Waals surface area contributed by atoms with Gasteiger partial charge in [0.05, 0.1) is 6.54 Å². The van der Waals surface area contributed by atoms with Crippen molar-refractivity contribution in [1.29, 1.82) is 0 Å². The molecule has 1 amide bonds. The number of amidine groups is 1. The molecule has 2 N–H and O–H groups in total. The number of rotatable bonds is 6. The minimum atomic E-state index is 0.160.